The lowest BCUT2D eigenvalue weighted by molar-refractivity contribution is 0.372. The van der Waals surface area contributed by atoms with Gasteiger partial charge in [-0.25, -0.2) is 0 Å². The van der Waals surface area contributed by atoms with Crippen molar-refractivity contribution in [2.45, 2.75) is 0 Å². The maximum absolute atomic E-state index is 5.66. The van der Waals surface area contributed by atoms with Crippen molar-refractivity contribution < 1.29 is 28.8 Å². The van der Waals surface area contributed by atoms with Crippen molar-refractivity contribution in [1.29, 1.82) is 0 Å². The summed E-state index contributed by atoms with van der Waals surface area (Å²) in [6.07, 6.45) is 0. The first-order valence-electron chi connectivity index (χ1n) is 6.43. The van der Waals surface area contributed by atoms with Crippen LogP contribution in [-0.2, 0) is 28.8 Å². The molecule has 0 unspecified atom stereocenters. The zero-order valence-corrected chi connectivity index (χ0v) is 24.1. The Labute approximate surface area is 144 Å². The third kappa shape index (κ3) is 12.9. The highest BCUT2D eigenvalue weighted by Crippen LogP contribution is 1.82. The Hall–Kier alpha value is 0.675. The van der Waals surface area contributed by atoms with Gasteiger partial charge < -0.3 is 28.8 Å². The molecule has 0 saturated heterocycles. The van der Waals surface area contributed by atoms with Crippen molar-refractivity contribution in [1.82, 2.24) is 0 Å². The molecule has 1 aromatic carbocycles. The molecule has 0 aliphatic heterocycles. The Balaban J connectivity index is 1.75. The van der Waals surface area contributed by atoms with Crippen LogP contribution >= 0.6 is 0 Å². The molecule has 120 valence electrons. The van der Waals surface area contributed by atoms with Crippen LogP contribution in [-0.4, -0.2) is 80.3 Å². The summed E-state index contributed by atoms with van der Waals surface area (Å²) in [5.41, 5.74) is 0. The first-order valence-corrected chi connectivity index (χ1v) is 15.5. The molecule has 21 heavy (non-hydrogen) atoms. The monoisotopic (exact) mass is 430 g/mol. The quantitative estimate of drug-likeness (QED) is 0.215. The van der Waals surface area contributed by atoms with Gasteiger partial charge in [-0.1, -0.05) is 30.3 Å². The van der Waals surface area contributed by atoms with E-state index >= 15 is 0 Å². The van der Waals surface area contributed by atoms with Crippen LogP contribution in [0.5, 0.6) is 0 Å². The van der Waals surface area contributed by atoms with E-state index in [4.69, 9.17) is 28.8 Å². The maximum Gasteiger partial charge on any atom is 0.286 e. The fourth-order valence-corrected chi connectivity index (χ4v) is 14.2. The van der Waals surface area contributed by atoms with E-state index < -0.39 is 69.8 Å². The van der Waals surface area contributed by atoms with Crippen LogP contribution in [0.3, 0.4) is 0 Å². The van der Waals surface area contributed by atoms with Crippen molar-refractivity contribution in [3.8, 4) is 0 Å². The molecule has 0 radical (unpaired) electrons. The maximum atomic E-state index is 5.66. The minimum Gasteiger partial charge on any atom is -0.449 e. The number of hydrogen-bond acceptors (Lipinski definition) is 7. The molecule has 0 amide bonds. The largest absolute Gasteiger partial charge is 0.449 e. The Morgan fingerprint density at radius 3 is 1.62 bits per heavy atom. The summed E-state index contributed by atoms with van der Waals surface area (Å²) < 4.78 is 37.6. The topological polar surface area (TPSA) is 64.6 Å². The van der Waals surface area contributed by atoms with Gasteiger partial charge in [0.15, 0.2) is 9.76 Å². The van der Waals surface area contributed by atoms with Gasteiger partial charge in [0.05, 0.1) is 0 Å². The number of hydrogen-bond donors (Lipinski definition) is 0. The summed E-state index contributed by atoms with van der Waals surface area (Å²) in [7, 11) is -4.98. The highest BCUT2D eigenvalue weighted by molar-refractivity contribution is 6.54. The molecule has 15 heteroatoms. The fourth-order valence-electron chi connectivity index (χ4n) is 1.28. The first kappa shape index (κ1) is 19.7. The van der Waals surface area contributed by atoms with E-state index in [1.807, 2.05) is 18.2 Å². The average Bonchev–Trinajstić information content (AvgIpc) is 2.53. The summed E-state index contributed by atoms with van der Waals surface area (Å²) in [6.45, 7) is 0. The predicted octanol–water partition coefficient (Wildman–Crippen LogP) is -7.21. The summed E-state index contributed by atoms with van der Waals surface area (Å²) in [6, 6.07) is 10.3. The molecule has 0 spiro atoms. The average molecular weight is 431 g/mol. The van der Waals surface area contributed by atoms with Crippen molar-refractivity contribution in [2.75, 3.05) is 0 Å². The lowest BCUT2D eigenvalue weighted by atomic mass is 10.4. The van der Waals surface area contributed by atoms with Crippen LogP contribution < -0.4 is 5.19 Å². The zero-order chi connectivity index (χ0) is 15.0. The van der Waals surface area contributed by atoms with Gasteiger partial charge in [0.1, 0.15) is 10.5 Å². The SMILES string of the molecule is [SiH3]O[SiH2]O[SiH2]O[SiH2]O[SiH2]O[SiH2]O[SiH2]O[SiH2]c1ccccc1. The first-order chi connectivity index (χ1) is 10.4. The summed E-state index contributed by atoms with van der Waals surface area (Å²) in [4.78, 5) is 0. The molecule has 0 aliphatic carbocycles. The molecule has 1 aromatic rings. The summed E-state index contributed by atoms with van der Waals surface area (Å²) in [5, 5.41) is 1.31. The third-order valence-electron chi connectivity index (χ3n) is 2.15. The lowest BCUT2D eigenvalue weighted by Gasteiger charge is -2.08. The molecule has 0 saturated carbocycles. The second-order valence-corrected chi connectivity index (χ2v) is 18.5. The summed E-state index contributed by atoms with van der Waals surface area (Å²) in [5.74, 6) is 0. The molecule has 0 bridgehead atoms. The van der Waals surface area contributed by atoms with E-state index in [-0.39, 0.29) is 0 Å². The Kier molecular flexibility index (Phi) is 14.6. The molecular weight excluding hydrogens is 409 g/mol. The van der Waals surface area contributed by atoms with Crippen LogP contribution in [0, 0.1) is 0 Å². The van der Waals surface area contributed by atoms with Gasteiger partial charge in [0, 0.05) is 0 Å². The van der Waals surface area contributed by atoms with Crippen LogP contribution in [0.25, 0.3) is 0 Å². The standard InChI is InChI=1S/C6H22O7Si8/c14-7-16-9-18-11-20-13-21-12-19-10-17-8-15-6-4-2-1-3-5-6/h1-5H,15-21H2,14H3. The van der Waals surface area contributed by atoms with E-state index in [2.05, 4.69) is 12.1 Å². The molecule has 0 aromatic heterocycles. The van der Waals surface area contributed by atoms with E-state index in [9.17, 15) is 0 Å². The van der Waals surface area contributed by atoms with Crippen LogP contribution in [0.15, 0.2) is 30.3 Å². The van der Waals surface area contributed by atoms with Gasteiger partial charge in [-0.05, 0) is 5.19 Å². The van der Waals surface area contributed by atoms with Crippen molar-refractivity contribution in [3.63, 3.8) is 0 Å². The molecular formula is C6H22O7Si8. The Morgan fingerprint density at radius 1 is 0.619 bits per heavy atom. The minimum atomic E-state index is -0.908. The van der Waals surface area contributed by atoms with Crippen LogP contribution in [0.4, 0.5) is 0 Å². The van der Waals surface area contributed by atoms with Crippen molar-refractivity contribution >= 4 is 85.5 Å². The van der Waals surface area contributed by atoms with E-state index in [1.54, 1.807) is 0 Å². The normalized spacial score (nSPS) is 15.0. The highest BCUT2D eigenvalue weighted by Gasteiger charge is 1.96. The number of rotatable bonds is 14. The molecule has 0 fully saturated rings. The van der Waals surface area contributed by atoms with Crippen molar-refractivity contribution in [3.05, 3.63) is 30.3 Å². The number of benzene rings is 1. The smallest absolute Gasteiger partial charge is 0.286 e. The molecule has 0 N–H and O–H groups in total. The van der Waals surface area contributed by atoms with Gasteiger partial charge in [-0.15, -0.1) is 0 Å². The fraction of sp³-hybridized carbons (Fsp3) is 0. The van der Waals surface area contributed by atoms with E-state index in [1.165, 1.54) is 5.19 Å². The van der Waals surface area contributed by atoms with Gasteiger partial charge in [-0.3, -0.25) is 0 Å². The second kappa shape index (κ2) is 15.6. The third-order valence-corrected chi connectivity index (χ3v) is 12.0. The Bertz CT molecular complexity index is 334. The molecule has 0 aliphatic rings. The molecule has 0 heterocycles. The Morgan fingerprint density at radius 2 is 1.10 bits per heavy atom. The van der Waals surface area contributed by atoms with Crippen LogP contribution in [0.1, 0.15) is 0 Å². The van der Waals surface area contributed by atoms with E-state index in [0.29, 0.717) is 0 Å². The van der Waals surface area contributed by atoms with Crippen LogP contribution in [0.2, 0.25) is 0 Å². The summed E-state index contributed by atoms with van der Waals surface area (Å²) >= 11 is 0. The minimum absolute atomic E-state index is 0.613. The lowest BCUT2D eigenvalue weighted by Crippen LogP contribution is -2.23. The van der Waals surface area contributed by atoms with Gasteiger partial charge in [0.25, 0.3) is 60.0 Å². The molecule has 0 atom stereocenters. The van der Waals surface area contributed by atoms with Crippen molar-refractivity contribution in [2.24, 2.45) is 0 Å². The zero-order valence-electron chi connectivity index (χ0n) is 12.2. The molecule has 1 rings (SSSR count). The van der Waals surface area contributed by atoms with Gasteiger partial charge >= 0.3 is 0 Å². The van der Waals surface area contributed by atoms with Gasteiger partial charge in [-0.2, -0.15) is 0 Å². The highest BCUT2D eigenvalue weighted by atomic mass is 28.4. The second-order valence-electron chi connectivity index (χ2n) is 3.85. The van der Waals surface area contributed by atoms with E-state index in [0.717, 1.165) is 10.5 Å². The molecule has 7 nitrogen and oxygen atoms in total. The van der Waals surface area contributed by atoms with Gasteiger partial charge in [0.2, 0.25) is 0 Å². The predicted molar refractivity (Wildman–Crippen MR) is 103 cm³/mol.